The Morgan fingerprint density at radius 2 is 2.04 bits per heavy atom. The molecule has 0 spiro atoms. The zero-order valence-electron chi connectivity index (χ0n) is 15.0. The summed E-state index contributed by atoms with van der Waals surface area (Å²) in [5.74, 6) is 2.93. The van der Waals surface area contributed by atoms with E-state index >= 15 is 0 Å². The van der Waals surface area contributed by atoms with Gasteiger partial charge in [0.05, 0.1) is 6.61 Å². The van der Waals surface area contributed by atoms with Crippen LogP contribution in [-0.4, -0.2) is 18.1 Å². The lowest BCUT2D eigenvalue weighted by Crippen LogP contribution is -2.20. The van der Waals surface area contributed by atoms with Gasteiger partial charge in [-0.05, 0) is 48.4 Å². The lowest BCUT2D eigenvalue weighted by Gasteiger charge is -2.24. The minimum atomic E-state index is 0.626. The molecule has 2 aromatic rings. The molecule has 1 aliphatic heterocycles. The number of allylic oxidation sites excluding steroid dienone is 1. The summed E-state index contributed by atoms with van der Waals surface area (Å²) in [6.07, 6.45) is 7.93. The van der Waals surface area contributed by atoms with E-state index in [2.05, 4.69) is 37.1 Å². The molecular weight excluding hydrogens is 312 g/mol. The van der Waals surface area contributed by atoms with Crippen molar-refractivity contribution in [3.63, 3.8) is 0 Å². The molecule has 4 nitrogen and oxygen atoms in total. The van der Waals surface area contributed by atoms with Gasteiger partial charge in [-0.3, -0.25) is 0 Å². The van der Waals surface area contributed by atoms with Crippen LogP contribution in [0.4, 0.5) is 5.69 Å². The first-order chi connectivity index (χ1) is 12.2. The van der Waals surface area contributed by atoms with Gasteiger partial charge in [0.15, 0.2) is 0 Å². The average Bonchev–Trinajstić information content (AvgIpc) is 3.08. The predicted molar refractivity (Wildman–Crippen MR) is 101 cm³/mol. The Morgan fingerprint density at radius 3 is 2.76 bits per heavy atom. The van der Waals surface area contributed by atoms with Gasteiger partial charge in [-0.1, -0.05) is 19.1 Å². The topological polar surface area (TPSA) is 51.6 Å². The first kappa shape index (κ1) is 17.2. The van der Waals surface area contributed by atoms with Crippen LogP contribution in [0.1, 0.15) is 29.6 Å². The minimum absolute atomic E-state index is 0.626. The second-order valence-electron chi connectivity index (χ2n) is 6.30. The van der Waals surface area contributed by atoms with E-state index in [1.807, 2.05) is 30.3 Å². The number of nitrogen functional groups attached to an aromatic ring is 1. The quantitative estimate of drug-likeness (QED) is 0.769. The third-order valence-electron chi connectivity index (χ3n) is 4.52. The number of rotatable bonds is 7. The molecule has 1 aromatic heterocycles. The molecule has 0 radical (unpaired) electrons. The number of furan rings is 1. The zero-order valence-corrected chi connectivity index (χ0v) is 15.0. The van der Waals surface area contributed by atoms with Crippen LogP contribution in [-0.2, 0) is 24.1 Å². The van der Waals surface area contributed by atoms with Crippen LogP contribution in [0.15, 0.2) is 58.9 Å². The second kappa shape index (κ2) is 7.97. The molecule has 1 aromatic carbocycles. The summed E-state index contributed by atoms with van der Waals surface area (Å²) in [4.78, 5) is 2.24. The lowest BCUT2D eigenvalue weighted by atomic mass is 10.1. The van der Waals surface area contributed by atoms with Gasteiger partial charge in [0.2, 0.25) is 0 Å². The van der Waals surface area contributed by atoms with Crippen LogP contribution in [0.5, 0.6) is 0 Å². The summed E-state index contributed by atoms with van der Waals surface area (Å²) in [7, 11) is 0. The van der Waals surface area contributed by atoms with Crippen molar-refractivity contribution in [3.05, 3.63) is 77.1 Å². The molecule has 132 valence electrons. The molecule has 25 heavy (non-hydrogen) atoms. The molecule has 2 N–H and O–H groups in total. The summed E-state index contributed by atoms with van der Waals surface area (Å²) in [6.45, 7) is 6.47. The maximum atomic E-state index is 5.98. The first-order valence-electron chi connectivity index (χ1n) is 8.82. The standard InChI is InChI=1S/C21H26N2O2/c1-3-18-7-8-20(25-18)11-14-24-19-9-12-23(13-10-19)15-17-5-4-6-21(22)16(17)2/h4-10,12H,3,11,13-15,22H2,1-2H3. The van der Waals surface area contributed by atoms with Gasteiger partial charge in [0, 0.05) is 37.8 Å². The number of nitrogens with zero attached hydrogens (tertiary/aromatic N) is 1. The summed E-state index contributed by atoms with van der Waals surface area (Å²) in [6, 6.07) is 10.1. The molecule has 0 unspecified atom stereocenters. The van der Waals surface area contributed by atoms with Crippen LogP contribution in [0, 0.1) is 6.92 Å². The number of nitrogens with two attached hydrogens (primary N) is 1. The number of benzene rings is 1. The maximum Gasteiger partial charge on any atom is 0.118 e. The van der Waals surface area contributed by atoms with E-state index in [0.717, 1.165) is 54.5 Å². The number of ether oxygens (including phenoxy) is 1. The molecule has 0 bridgehead atoms. The van der Waals surface area contributed by atoms with Gasteiger partial charge < -0.3 is 19.8 Å². The molecule has 0 saturated carbocycles. The van der Waals surface area contributed by atoms with E-state index in [1.165, 1.54) is 5.56 Å². The van der Waals surface area contributed by atoms with Crippen LogP contribution >= 0.6 is 0 Å². The summed E-state index contributed by atoms with van der Waals surface area (Å²) in [5.41, 5.74) is 9.25. The number of aryl methyl sites for hydroxylation is 1. The number of hydrogen-bond donors (Lipinski definition) is 1. The first-order valence-corrected chi connectivity index (χ1v) is 8.82. The highest BCUT2D eigenvalue weighted by molar-refractivity contribution is 5.50. The highest BCUT2D eigenvalue weighted by atomic mass is 16.5. The van der Waals surface area contributed by atoms with Gasteiger partial charge >= 0.3 is 0 Å². The van der Waals surface area contributed by atoms with Crippen molar-refractivity contribution in [2.75, 3.05) is 18.9 Å². The molecule has 2 heterocycles. The Bertz CT molecular complexity index is 774. The summed E-state index contributed by atoms with van der Waals surface area (Å²) >= 11 is 0. The molecule has 3 rings (SSSR count). The van der Waals surface area contributed by atoms with Gasteiger partial charge in [-0.25, -0.2) is 0 Å². The normalized spacial score (nSPS) is 13.8. The molecule has 0 saturated heterocycles. The molecular formula is C21H26N2O2. The molecule has 0 amide bonds. The fourth-order valence-corrected chi connectivity index (χ4v) is 2.85. The molecule has 0 fully saturated rings. The van der Waals surface area contributed by atoms with Crippen LogP contribution in [0.3, 0.4) is 0 Å². The monoisotopic (exact) mass is 338 g/mol. The van der Waals surface area contributed by atoms with E-state index in [-0.39, 0.29) is 0 Å². The third-order valence-corrected chi connectivity index (χ3v) is 4.52. The Kier molecular flexibility index (Phi) is 5.49. The van der Waals surface area contributed by atoms with Gasteiger partial charge in [-0.2, -0.15) is 0 Å². The Labute approximate surface area is 149 Å². The number of anilines is 1. The highest BCUT2D eigenvalue weighted by Gasteiger charge is 2.09. The van der Waals surface area contributed by atoms with Crippen molar-refractivity contribution in [2.24, 2.45) is 0 Å². The van der Waals surface area contributed by atoms with Crippen molar-refractivity contribution in [3.8, 4) is 0 Å². The Balaban J connectivity index is 1.46. The van der Waals surface area contributed by atoms with Crippen LogP contribution in [0.25, 0.3) is 0 Å². The summed E-state index contributed by atoms with van der Waals surface area (Å²) < 4.78 is 11.5. The highest BCUT2D eigenvalue weighted by Crippen LogP contribution is 2.19. The van der Waals surface area contributed by atoms with E-state index in [0.29, 0.717) is 6.61 Å². The molecule has 0 atom stereocenters. The Hall–Kier alpha value is -2.62. The fourth-order valence-electron chi connectivity index (χ4n) is 2.85. The zero-order chi connectivity index (χ0) is 17.6. The van der Waals surface area contributed by atoms with Crippen molar-refractivity contribution < 1.29 is 9.15 Å². The molecule has 4 heteroatoms. The van der Waals surface area contributed by atoms with E-state index in [4.69, 9.17) is 14.9 Å². The molecule has 1 aliphatic rings. The van der Waals surface area contributed by atoms with E-state index in [9.17, 15) is 0 Å². The third kappa shape index (κ3) is 4.47. The summed E-state index contributed by atoms with van der Waals surface area (Å²) in [5, 5.41) is 0. The smallest absolute Gasteiger partial charge is 0.118 e. The van der Waals surface area contributed by atoms with Gasteiger partial charge in [0.1, 0.15) is 17.3 Å². The van der Waals surface area contributed by atoms with Crippen molar-refractivity contribution >= 4 is 5.69 Å². The van der Waals surface area contributed by atoms with Gasteiger partial charge in [0.25, 0.3) is 0 Å². The number of hydrogen-bond acceptors (Lipinski definition) is 4. The van der Waals surface area contributed by atoms with E-state index < -0.39 is 0 Å². The Morgan fingerprint density at radius 1 is 1.20 bits per heavy atom. The lowest BCUT2D eigenvalue weighted by molar-refractivity contribution is 0.214. The second-order valence-corrected chi connectivity index (χ2v) is 6.30. The predicted octanol–water partition coefficient (Wildman–Crippen LogP) is 4.21. The fraction of sp³-hybridized carbons (Fsp3) is 0.333. The van der Waals surface area contributed by atoms with Crippen LogP contribution < -0.4 is 5.73 Å². The largest absolute Gasteiger partial charge is 0.493 e. The van der Waals surface area contributed by atoms with Crippen molar-refractivity contribution in [1.29, 1.82) is 0 Å². The minimum Gasteiger partial charge on any atom is -0.493 e. The van der Waals surface area contributed by atoms with Crippen molar-refractivity contribution in [2.45, 2.75) is 33.2 Å². The average molecular weight is 338 g/mol. The van der Waals surface area contributed by atoms with Crippen molar-refractivity contribution in [1.82, 2.24) is 4.90 Å². The van der Waals surface area contributed by atoms with Crippen LogP contribution in [0.2, 0.25) is 0 Å². The maximum absolute atomic E-state index is 5.98. The SMILES string of the molecule is CCc1ccc(CCOC2=CCN(Cc3cccc(N)c3C)C=C2)o1. The van der Waals surface area contributed by atoms with E-state index in [1.54, 1.807) is 0 Å². The van der Waals surface area contributed by atoms with Gasteiger partial charge in [-0.15, -0.1) is 0 Å². The molecule has 0 aliphatic carbocycles.